The Labute approximate surface area is 103 Å². The maximum absolute atomic E-state index is 11.9. The third kappa shape index (κ3) is 2.49. The van der Waals surface area contributed by atoms with E-state index in [-0.39, 0.29) is 17.7 Å². The topological polar surface area (TPSA) is 58.2 Å². The van der Waals surface area contributed by atoms with Crippen LogP contribution in [0.5, 0.6) is 0 Å². The normalized spacial score (nSPS) is 18.8. The summed E-state index contributed by atoms with van der Waals surface area (Å²) in [4.78, 5) is 23.5. The third-order valence-corrected chi connectivity index (χ3v) is 3.84. The summed E-state index contributed by atoms with van der Waals surface area (Å²) in [6.07, 6.45) is 4.08. The van der Waals surface area contributed by atoms with Gasteiger partial charge in [-0.3, -0.25) is 9.59 Å². The van der Waals surface area contributed by atoms with Crippen LogP contribution in [-0.4, -0.2) is 17.9 Å². The molecule has 0 saturated heterocycles. The molecule has 1 aromatic rings. The fourth-order valence-corrected chi connectivity index (χ4v) is 2.42. The van der Waals surface area contributed by atoms with Gasteiger partial charge in [-0.1, -0.05) is 0 Å². The first kappa shape index (κ1) is 10.8. The zero-order chi connectivity index (χ0) is 11.8. The number of nitrogens with one attached hydrogen (secondary N) is 2. The molecule has 0 aromatic carbocycles. The first-order valence-electron chi connectivity index (χ1n) is 5.93. The highest BCUT2D eigenvalue weighted by Gasteiger charge is 2.31. The summed E-state index contributed by atoms with van der Waals surface area (Å²) in [6.45, 7) is 0. The zero-order valence-corrected chi connectivity index (χ0v) is 10.2. The molecule has 2 saturated carbocycles. The number of carbonyl (C=O) groups excluding carboxylic acids is 2. The molecule has 2 N–H and O–H groups in total. The Balaban J connectivity index is 1.68. The van der Waals surface area contributed by atoms with Crippen LogP contribution in [0.2, 0.25) is 0 Å². The van der Waals surface area contributed by atoms with Gasteiger partial charge in [-0.2, -0.15) is 0 Å². The molecule has 1 heterocycles. The highest BCUT2D eigenvalue weighted by Crippen LogP contribution is 2.32. The van der Waals surface area contributed by atoms with Crippen molar-refractivity contribution < 1.29 is 9.59 Å². The van der Waals surface area contributed by atoms with E-state index < -0.39 is 0 Å². The van der Waals surface area contributed by atoms with E-state index in [0.717, 1.165) is 25.7 Å². The summed E-state index contributed by atoms with van der Waals surface area (Å²) in [5.41, 5.74) is 0.593. The lowest BCUT2D eigenvalue weighted by Crippen LogP contribution is -2.26. The Morgan fingerprint density at radius 1 is 1.24 bits per heavy atom. The van der Waals surface area contributed by atoms with Crippen molar-refractivity contribution in [1.29, 1.82) is 0 Å². The van der Waals surface area contributed by atoms with Gasteiger partial charge >= 0.3 is 0 Å². The molecular weight excluding hydrogens is 236 g/mol. The summed E-state index contributed by atoms with van der Waals surface area (Å²) in [6, 6.07) is 2.11. The molecule has 0 radical (unpaired) electrons. The van der Waals surface area contributed by atoms with Crippen molar-refractivity contribution in [3.8, 4) is 0 Å². The zero-order valence-electron chi connectivity index (χ0n) is 9.36. The van der Waals surface area contributed by atoms with Crippen molar-refractivity contribution in [3.05, 3.63) is 17.0 Å². The number of hydrogen-bond donors (Lipinski definition) is 2. The molecule has 3 rings (SSSR count). The SMILES string of the molecule is O=C(NC1CC1)c1ccsc1NC(=O)C1CC1. The highest BCUT2D eigenvalue weighted by atomic mass is 32.1. The Morgan fingerprint density at radius 2 is 2.00 bits per heavy atom. The van der Waals surface area contributed by atoms with Crippen LogP contribution < -0.4 is 10.6 Å². The van der Waals surface area contributed by atoms with Gasteiger partial charge in [-0.15, -0.1) is 11.3 Å². The van der Waals surface area contributed by atoms with Gasteiger partial charge in [0.25, 0.3) is 5.91 Å². The minimum absolute atomic E-state index is 0.0490. The monoisotopic (exact) mass is 250 g/mol. The standard InChI is InChI=1S/C12H14N2O2S/c15-10(7-1-2-7)14-12-9(5-6-17-12)11(16)13-8-3-4-8/h5-8H,1-4H2,(H,13,16)(H,14,15). The molecule has 2 aliphatic carbocycles. The van der Waals surface area contributed by atoms with Gasteiger partial charge in [0, 0.05) is 12.0 Å². The van der Waals surface area contributed by atoms with E-state index in [9.17, 15) is 9.59 Å². The first-order chi connectivity index (χ1) is 8.24. The van der Waals surface area contributed by atoms with E-state index in [2.05, 4.69) is 10.6 Å². The number of hydrogen-bond acceptors (Lipinski definition) is 3. The van der Waals surface area contributed by atoms with Crippen molar-refractivity contribution in [3.63, 3.8) is 0 Å². The Kier molecular flexibility index (Phi) is 2.63. The van der Waals surface area contributed by atoms with Gasteiger partial charge in [0.15, 0.2) is 0 Å². The molecule has 0 unspecified atom stereocenters. The summed E-state index contributed by atoms with van der Waals surface area (Å²) < 4.78 is 0. The smallest absolute Gasteiger partial charge is 0.254 e. The van der Waals surface area contributed by atoms with Gasteiger partial charge in [-0.05, 0) is 37.1 Å². The van der Waals surface area contributed by atoms with Crippen molar-refractivity contribution in [2.75, 3.05) is 5.32 Å². The summed E-state index contributed by atoms with van der Waals surface area (Å²) in [5, 5.41) is 8.30. The molecule has 0 atom stereocenters. The maximum atomic E-state index is 11.9. The van der Waals surface area contributed by atoms with E-state index in [0.29, 0.717) is 16.6 Å². The van der Waals surface area contributed by atoms with Crippen LogP contribution in [0, 0.1) is 5.92 Å². The van der Waals surface area contributed by atoms with Gasteiger partial charge in [-0.25, -0.2) is 0 Å². The van der Waals surface area contributed by atoms with Gasteiger partial charge < -0.3 is 10.6 Å². The molecule has 2 fully saturated rings. The largest absolute Gasteiger partial charge is 0.349 e. The van der Waals surface area contributed by atoms with E-state index >= 15 is 0 Å². The van der Waals surface area contributed by atoms with Crippen LogP contribution in [0.4, 0.5) is 5.00 Å². The van der Waals surface area contributed by atoms with E-state index in [1.54, 1.807) is 6.07 Å². The Morgan fingerprint density at radius 3 is 2.65 bits per heavy atom. The number of rotatable bonds is 4. The van der Waals surface area contributed by atoms with Crippen molar-refractivity contribution in [1.82, 2.24) is 5.32 Å². The molecule has 0 spiro atoms. The lowest BCUT2D eigenvalue weighted by molar-refractivity contribution is -0.117. The predicted octanol–water partition coefficient (Wildman–Crippen LogP) is 1.99. The average Bonchev–Trinajstić information content (AvgIpc) is 3.19. The average molecular weight is 250 g/mol. The first-order valence-corrected chi connectivity index (χ1v) is 6.81. The molecular formula is C12H14N2O2S. The fourth-order valence-electron chi connectivity index (χ4n) is 1.64. The van der Waals surface area contributed by atoms with Crippen molar-refractivity contribution in [2.45, 2.75) is 31.7 Å². The predicted molar refractivity (Wildman–Crippen MR) is 66.2 cm³/mol. The van der Waals surface area contributed by atoms with Gasteiger partial charge in [0.1, 0.15) is 5.00 Å². The fraction of sp³-hybridized carbons (Fsp3) is 0.500. The molecule has 4 nitrogen and oxygen atoms in total. The summed E-state index contributed by atoms with van der Waals surface area (Å²) in [5.74, 6) is 0.143. The minimum atomic E-state index is -0.0696. The van der Waals surface area contributed by atoms with Crippen LogP contribution >= 0.6 is 11.3 Å². The molecule has 2 amide bonds. The van der Waals surface area contributed by atoms with Crippen LogP contribution in [0.3, 0.4) is 0 Å². The highest BCUT2D eigenvalue weighted by molar-refractivity contribution is 7.14. The molecule has 0 bridgehead atoms. The number of anilines is 1. The van der Waals surface area contributed by atoms with Gasteiger partial charge in [0.05, 0.1) is 5.56 Å². The maximum Gasteiger partial charge on any atom is 0.254 e. The number of amides is 2. The second kappa shape index (κ2) is 4.14. The molecule has 17 heavy (non-hydrogen) atoms. The number of thiophene rings is 1. The van der Waals surface area contributed by atoms with E-state index in [4.69, 9.17) is 0 Å². The molecule has 5 heteroatoms. The van der Waals surface area contributed by atoms with Gasteiger partial charge in [0.2, 0.25) is 5.91 Å². The molecule has 90 valence electrons. The van der Waals surface area contributed by atoms with Crippen LogP contribution in [0.15, 0.2) is 11.4 Å². The second-order valence-electron chi connectivity index (χ2n) is 4.67. The third-order valence-electron chi connectivity index (χ3n) is 3.01. The Bertz CT molecular complexity index is 461. The lowest BCUT2D eigenvalue weighted by atomic mass is 10.3. The van der Waals surface area contributed by atoms with Crippen LogP contribution in [0.25, 0.3) is 0 Å². The van der Waals surface area contributed by atoms with Crippen molar-refractivity contribution in [2.24, 2.45) is 5.92 Å². The minimum Gasteiger partial charge on any atom is -0.349 e. The van der Waals surface area contributed by atoms with E-state index in [1.807, 2.05) is 5.38 Å². The summed E-state index contributed by atoms with van der Waals surface area (Å²) in [7, 11) is 0. The van der Waals surface area contributed by atoms with E-state index in [1.165, 1.54) is 11.3 Å². The van der Waals surface area contributed by atoms with Crippen molar-refractivity contribution >= 4 is 28.2 Å². The van der Waals surface area contributed by atoms with Crippen LogP contribution in [-0.2, 0) is 4.79 Å². The molecule has 1 aromatic heterocycles. The quantitative estimate of drug-likeness (QED) is 0.858. The molecule has 0 aliphatic heterocycles. The lowest BCUT2D eigenvalue weighted by Gasteiger charge is -2.06. The Hall–Kier alpha value is -1.36. The number of carbonyl (C=O) groups is 2. The van der Waals surface area contributed by atoms with Crippen LogP contribution in [0.1, 0.15) is 36.0 Å². The second-order valence-corrected chi connectivity index (χ2v) is 5.59. The summed E-state index contributed by atoms with van der Waals surface area (Å²) >= 11 is 1.41. The molecule has 2 aliphatic rings.